The Morgan fingerprint density at radius 1 is 1.19 bits per heavy atom. The molecule has 1 aromatic heterocycles. The summed E-state index contributed by atoms with van der Waals surface area (Å²) in [6.45, 7) is 4.65. The van der Waals surface area contributed by atoms with Crippen molar-refractivity contribution in [2.75, 3.05) is 19.0 Å². The summed E-state index contributed by atoms with van der Waals surface area (Å²) in [6.07, 6.45) is 3.94. The molecule has 144 valence electrons. The van der Waals surface area contributed by atoms with Crippen LogP contribution in [0.1, 0.15) is 57.8 Å². The minimum absolute atomic E-state index is 0.280. The molecule has 2 aromatic rings. The lowest BCUT2D eigenvalue weighted by Crippen LogP contribution is -2.16. The Hall–Kier alpha value is -2.34. The van der Waals surface area contributed by atoms with Crippen LogP contribution in [0.25, 0.3) is 0 Å². The third-order valence-corrected chi connectivity index (χ3v) is 5.70. The molecule has 1 heterocycles. The van der Waals surface area contributed by atoms with E-state index in [1.54, 1.807) is 18.2 Å². The monoisotopic (exact) mass is 387 g/mol. The van der Waals surface area contributed by atoms with Crippen LogP contribution in [-0.4, -0.2) is 25.6 Å². The predicted octanol–water partition coefficient (Wildman–Crippen LogP) is 4.70. The Labute approximate surface area is 163 Å². The number of rotatable bonds is 6. The fraction of sp³-hybridized carbons (Fsp3) is 0.429. The van der Waals surface area contributed by atoms with Crippen LogP contribution in [0, 0.1) is 5.92 Å². The number of esters is 1. The van der Waals surface area contributed by atoms with Gasteiger partial charge in [0.25, 0.3) is 5.91 Å². The van der Waals surface area contributed by atoms with Gasteiger partial charge in [-0.05, 0) is 49.3 Å². The second kappa shape index (κ2) is 8.57. The molecule has 0 atom stereocenters. The summed E-state index contributed by atoms with van der Waals surface area (Å²) in [5.74, 6) is 0.229. The molecular formula is C21H25NO4S. The van der Waals surface area contributed by atoms with Gasteiger partial charge in [0.15, 0.2) is 0 Å². The zero-order valence-electron chi connectivity index (χ0n) is 16.0. The first kappa shape index (κ1) is 19.4. The van der Waals surface area contributed by atoms with Crippen molar-refractivity contribution >= 4 is 28.2 Å². The lowest BCUT2D eigenvalue weighted by Gasteiger charge is -2.13. The van der Waals surface area contributed by atoms with Crippen molar-refractivity contribution in [1.29, 1.82) is 0 Å². The van der Waals surface area contributed by atoms with E-state index in [-0.39, 0.29) is 5.91 Å². The van der Waals surface area contributed by atoms with Crippen molar-refractivity contribution in [3.05, 3.63) is 45.8 Å². The van der Waals surface area contributed by atoms with Crippen molar-refractivity contribution in [2.45, 2.75) is 39.5 Å². The lowest BCUT2D eigenvalue weighted by atomic mass is 9.95. The Kier molecular flexibility index (Phi) is 6.16. The highest BCUT2D eigenvalue weighted by Gasteiger charge is 2.27. The maximum atomic E-state index is 12.9. The Balaban J connectivity index is 1.89. The number of carbonyl (C=O) groups excluding carboxylic acids is 2. The first-order valence-electron chi connectivity index (χ1n) is 9.27. The van der Waals surface area contributed by atoms with E-state index >= 15 is 0 Å². The van der Waals surface area contributed by atoms with Crippen molar-refractivity contribution in [3.63, 3.8) is 0 Å². The largest absolute Gasteiger partial charge is 0.492 e. The number of nitrogens with one attached hydrogen (secondary N) is 1. The maximum absolute atomic E-state index is 12.9. The summed E-state index contributed by atoms with van der Waals surface area (Å²) in [7, 11) is 1.37. The molecule has 27 heavy (non-hydrogen) atoms. The zero-order valence-corrected chi connectivity index (χ0v) is 16.8. The quantitative estimate of drug-likeness (QED) is 0.730. The number of methoxy groups -OCH3 is 1. The normalized spacial score (nSPS) is 13.2. The van der Waals surface area contributed by atoms with Gasteiger partial charge in [-0.25, -0.2) is 4.79 Å². The van der Waals surface area contributed by atoms with Gasteiger partial charge in [-0.15, -0.1) is 11.3 Å². The summed E-state index contributed by atoms with van der Waals surface area (Å²) in [4.78, 5) is 26.4. The molecule has 1 N–H and O–H groups in total. The van der Waals surface area contributed by atoms with Crippen LogP contribution in [-0.2, 0) is 17.6 Å². The van der Waals surface area contributed by atoms with Gasteiger partial charge in [0.2, 0.25) is 0 Å². The maximum Gasteiger partial charge on any atom is 0.341 e. The number of carbonyl (C=O) groups is 2. The van der Waals surface area contributed by atoms with E-state index < -0.39 is 5.97 Å². The molecule has 0 spiro atoms. The van der Waals surface area contributed by atoms with Crippen LogP contribution in [0.15, 0.2) is 24.3 Å². The SMILES string of the molecule is COC(=O)c1c(NC(=O)c2ccccc2OCC(C)C)sc2c1CCCC2. The zero-order chi connectivity index (χ0) is 19.4. The number of benzene rings is 1. The van der Waals surface area contributed by atoms with Crippen LogP contribution in [0.2, 0.25) is 0 Å². The molecule has 0 bridgehead atoms. The third kappa shape index (κ3) is 4.33. The van der Waals surface area contributed by atoms with E-state index in [2.05, 4.69) is 19.2 Å². The van der Waals surface area contributed by atoms with Gasteiger partial charge in [-0.1, -0.05) is 26.0 Å². The fourth-order valence-corrected chi connectivity index (χ4v) is 4.45. The standard InChI is InChI=1S/C21H25NO4S/c1-13(2)12-26-16-10-6-4-8-14(16)19(23)22-20-18(21(24)25-3)15-9-5-7-11-17(15)27-20/h4,6,8,10,13H,5,7,9,11-12H2,1-3H3,(H,22,23). The molecule has 0 unspecified atom stereocenters. The number of aryl methyl sites for hydroxylation is 1. The van der Waals surface area contributed by atoms with Gasteiger partial charge in [0.05, 0.1) is 24.8 Å². The number of ether oxygens (including phenoxy) is 2. The highest BCUT2D eigenvalue weighted by atomic mass is 32.1. The highest BCUT2D eigenvalue weighted by Crippen LogP contribution is 2.39. The lowest BCUT2D eigenvalue weighted by molar-refractivity contribution is 0.0601. The summed E-state index contributed by atoms with van der Waals surface area (Å²) in [5.41, 5.74) is 1.99. The van der Waals surface area contributed by atoms with Crippen LogP contribution < -0.4 is 10.1 Å². The molecule has 6 heteroatoms. The number of hydrogen-bond acceptors (Lipinski definition) is 5. The molecule has 1 aliphatic rings. The molecule has 0 aliphatic heterocycles. The van der Waals surface area contributed by atoms with Crippen molar-refractivity contribution in [2.24, 2.45) is 5.92 Å². The fourth-order valence-electron chi connectivity index (χ4n) is 3.18. The minimum Gasteiger partial charge on any atom is -0.492 e. The molecule has 1 aliphatic carbocycles. The minimum atomic E-state index is -0.394. The highest BCUT2D eigenvalue weighted by molar-refractivity contribution is 7.17. The van der Waals surface area contributed by atoms with Gasteiger partial charge in [0.1, 0.15) is 10.8 Å². The summed E-state index contributed by atoms with van der Waals surface area (Å²) in [5, 5.41) is 3.49. The van der Waals surface area contributed by atoms with Gasteiger partial charge in [-0.3, -0.25) is 4.79 Å². The molecule has 1 amide bonds. The molecular weight excluding hydrogens is 362 g/mol. The van der Waals surface area contributed by atoms with Crippen LogP contribution in [0.5, 0.6) is 5.75 Å². The summed E-state index contributed by atoms with van der Waals surface area (Å²) < 4.78 is 10.8. The van der Waals surface area contributed by atoms with Crippen molar-refractivity contribution < 1.29 is 19.1 Å². The van der Waals surface area contributed by atoms with Crippen LogP contribution >= 0.6 is 11.3 Å². The van der Waals surface area contributed by atoms with Gasteiger partial charge in [0, 0.05) is 4.88 Å². The average molecular weight is 388 g/mol. The van der Waals surface area contributed by atoms with E-state index in [0.717, 1.165) is 31.2 Å². The Morgan fingerprint density at radius 2 is 1.93 bits per heavy atom. The van der Waals surface area contributed by atoms with Gasteiger partial charge < -0.3 is 14.8 Å². The topological polar surface area (TPSA) is 64.6 Å². The second-order valence-corrected chi connectivity index (χ2v) is 8.17. The first-order chi connectivity index (χ1) is 13.0. The van der Waals surface area contributed by atoms with Crippen LogP contribution in [0.3, 0.4) is 0 Å². The number of fused-ring (bicyclic) bond motifs is 1. The average Bonchev–Trinajstić information content (AvgIpc) is 3.03. The van der Waals surface area contributed by atoms with Gasteiger partial charge in [-0.2, -0.15) is 0 Å². The summed E-state index contributed by atoms with van der Waals surface area (Å²) in [6, 6.07) is 7.17. The van der Waals surface area contributed by atoms with Crippen LogP contribution in [0.4, 0.5) is 5.00 Å². The van der Waals surface area contributed by atoms with E-state index in [1.165, 1.54) is 23.3 Å². The smallest absolute Gasteiger partial charge is 0.341 e. The molecule has 0 radical (unpaired) electrons. The molecule has 0 fully saturated rings. The Morgan fingerprint density at radius 3 is 2.67 bits per heavy atom. The number of amides is 1. The number of hydrogen-bond donors (Lipinski definition) is 1. The van der Waals surface area contributed by atoms with Gasteiger partial charge >= 0.3 is 5.97 Å². The molecule has 0 saturated carbocycles. The molecule has 1 aromatic carbocycles. The third-order valence-electron chi connectivity index (χ3n) is 4.49. The second-order valence-electron chi connectivity index (χ2n) is 7.06. The van der Waals surface area contributed by atoms with E-state index in [4.69, 9.17) is 9.47 Å². The number of thiophene rings is 1. The number of para-hydroxylation sites is 1. The summed E-state index contributed by atoms with van der Waals surface area (Å²) >= 11 is 1.48. The van der Waals surface area contributed by atoms with Crippen molar-refractivity contribution in [1.82, 2.24) is 0 Å². The molecule has 5 nitrogen and oxygen atoms in total. The Bertz CT molecular complexity index is 841. The van der Waals surface area contributed by atoms with E-state index in [9.17, 15) is 9.59 Å². The van der Waals surface area contributed by atoms with E-state index in [0.29, 0.717) is 34.4 Å². The molecule has 0 saturated heterocycles. The van der Waals surface area contributed by atoms with Crippen molar-refractivity contribution in [3.8, 4) is 5.75 Å². The molecule has 3 rings (SSSR count). The first-order valence-corrected chi connectivity index (χ1v) is 10.1. The predicted molar refractivity (Wildman–Crippen MR) is 107 cm³/mol. The van der Waals surface area contributed by atoms with E-state index in [1.807, 2.05) is 6.07 Å². The number of anilines is 1.